The minimum Gasteiger partial charge on any atom is -0.368 e. The summed E-state index contributed by atoms with van der Waals surface area (Å²) in [4.78, 5) is 23.7. The number of H-pyrrole nitrogens is 1. The Kier molecular flexibility index (Phi) is 4.15. The van der Waals surface area contributed by atoms with Crippen LogP contribution in [0.2, 0.25) is 0 Å². The fourth-order valence-corrected chi connectivity index (χ4v) is 2.25. The van der Waals surface area contributed by atoms with Gasteiger partial charge in [-0.05, 0) is 18.9 Å². The highest BCUT2D eigenvalue weighted by Gasteiger charge is 2.24. The van der Waals surface area contributed by atoms with Crippen molar-refractivity contribution < 1.29 is 14.3 Å². The smallest absolute Gasteiger partial charge is 0.287 e. The first-order chi connectivity index (χ1) is 10.7. The average molecular weight is 300 g/mol. The molecular formula is C15H16N4O3. The van der Waals surface area contributed by atoms with Crippen LogP contribution in [-0.4, -0.2) is 34.7 Å². The van der Waals surface area contributed by atoms with Crippen LogP contribution in [0.15, 0.2) is 36.4 Å². The van der Waals surface area contributed by atoms with Gasteiger partial charge in [0.05, 0.1) is 5.69 Å². The molecule has 3 rings (SSSR count). The number of aromatic amines is 1. The molecule has 1 aliphatic rings. The Hall–Kier alpha value is -2.67. The first kappa shape index (κ1) is 14.3. The normalized spacial score (nSPS) is 17.2. The number of hydrazine groups is 1. The summed E-state index contributed by atoms with van der Waals surface area (Å²) in [6.07, 6.45) is 1.04. The zero-order chi connectivity index (χ0) is 15.4. The van der Waals surface area contributed by atoms with E-state index in [1.807, 2.05) is 30.3 Å². The van der Waals surface area contributed by atoms with E-state index in [0.717, 1.165) is 12.0 Å². The van der Waals surface area contributed by atoms with E-state index < -0.39 is 12.0 Å². The van der Waals surface area contributed by atoms with Crippen LogP contribution in [0.3, 0.4) is 0 Å². The van der Waals surface area contributed by atoms with Gasteiger partial charge in [0.15, 0.2) is 0 Å². The highest BCUT2D eigenvalue weighted by molar-refractivity contribution is 5.95. The van der Waals surface area contributed by atoms with Crippen LogP contribution in [0.1, 0.15) is 23.3 Å². The number of aromatic nitrogens is 2. The molecule has 0 bridgehead atoms. The van der Waals surface area contributed by atoms with Gasteiger partial charge in [0.2, 0.25) is 0 Å². The predicted molar refractivity (Wildman–Crippen MR) is 78.6 cm³/mol. The van der Waals surface area contributed by atoms with Crippen molar-refractivity contribution in [3.05, 3.63) is 42.1 Å². The summed E-state index contributed by atoms with van der Waals surface area (Å²) >= 11 is 0. The van der Waals surface area contributed by atoms with E-state index in [1.165, 1.54) is 0 Å². The Labute approximate surface area is 127 Å². The molecule has 1 aromatic carbocycles. The lowest BCUT2D eigenvalue weighted by molar-refractivity contribution is -0.130. The fourth-order valence-electron chi connectivity index (χ4n) is 2.25. The molecular weight excluding hydrogens is 284 g/mol. The second-order valence-corrected chi connectivity index (χ2v) is 4.98. The van der Waals surface area contributed by atoms with Crippen molar-refractivity contribution in [1.29, 1.82) is 0 Å². The highest BCUT2D eigenvalue weighted by atomic mass is 16.5. The van der Waals surface area contributed by atoms with Crippen molar-refractivity contribution in [2.75, 3.05) is 6.61 Å². The first-order valence-electron chi connectivity index (χ1n) is 7.06. The van der Waals surface area contributed by atoms with Crippen LogP contribution in [0.5, 0.6) is 0 Å². The van der Waals surface area contributed by atoms with Gasteiger partial charge in [0.25, 0.3) is 11.8 Å². The van der Waals surface area contributed by atoms with E-state index in [9.17, 15) is 9.59 Å². The van der Waals surface area contributed by atoms with Crippen LogP contribution in [0.4, 0.5) is 0 Å². The number of carbonyl (C=O) groups is 2. The monoisotopic (exact) mass is 300 g/mol. The van der Waals surface area contributed by atoms with Gasteiger partial charge in [-0.15, -0.1) is 0 Å². The molecule has 2 aromatic rings. The summed E-state index contributed by atoms with van der Waals surface area (Å²) < 4.78 is 5.23. The molecule has 7 heteroatoms. The van der Waals surface area contributed by atoms with Gasteiger partial charge in [-0.2, -0.15) is 5.10 Å². The quantitative estimate of drug-likeness (QED) is 0.737. The lowest BCUT2D eigenvalue weighted by Crippen LogP contribution is -2.46. The molecule has 1 aromatic heterocycles. The third-order valence-corrected chi connectivity index (χ3v) is 3.41. The predicted octanol–water partition coefficient (Wildman–Crippen LogP) is 1.02. The lowest BCUT2D eigenvalue weighted by Gasteiger charge is -2.10. The maximum absolute atomic E-state index is 12.0. The van der Waals surface area contributed by atoms with Gasteiger partial charge in [-0.25, -0.2) is 0 Å². The number of amides is 2. The van der Waals surface area contributed by atoms with E-state index in [-0.39, 0.29) is 11.6 Å². The standard InChI is InChI=1S/C15H16N4O3/c20-14(18-19-15(21)13-7-4-8-22-13)12-9-11(16-17-12)10-5-2-1-3-6-10/h1-3,5-6,9,13H,4,7-8H2,(H,16,17)(H,18,20)(H,19,21). The van der Waals surface area contributed by atoms with E-state index in [0.29, 0.717) is 18.7 Å². The largest absolute Gasteiger partial charge is 0.368 e. The molecule has 1 saturated heterocycles. The fraction of sp³-hybridized carbons (Fsp3) is 0.267. The zero-order valence-corrected chi connectivity index (χ0v) is 11.8. The Morgan fingerprint density at radius 1 is 1.23 bits per heavy atom. The SMILES string of the molecule is O=C(NNC(=O)C1CCCO1)c1cc(-c2ccccc2)n[nH]1. The van der Waals surface area contributed by atoms with Crippen molar-refractivity contribution >= 4 is 11.8 Å². The van der Waals surface area contributed by atoms with Crippen molar-refractivity contribution in [1.82, 2.24) is 21.0 Å². The number of rotatable bonds is 3. The number of nitrogens with zero attached hydrogens (tertiary/aromatic N) is 1. The number of nitrogens with one attached hydrogen (secondary N) is 3. The average Bonchev–Trinajstić information content (AvgIpc) is 3.24. The number of hydrogen-bond donors (Lipinski definition) is 3. The molecule has 2 amide bonds. The Morgan fingerprint density at radius 2 is 2.05 bits per heavy atom. The first-order valence-corrected chi connectivity index (χ1v) is 7.06. The van der Waals surface area contributed by atoms with Gasteiger partial charge in [-0.1, -0.05) is 30.3 Å². The van der Waals surface area contributed by atoms with Gasteiger partial charge < -0.3 is 4.74 Å². The number of ether oxygens (including phenoxy) is 1. The molecule has 0 aliphatic carbocycles. The summed E-state index contributed by atoms with van der Waals surface area (Å²) in [5, 5.41) is 6.74. The molecule has 3 N–H and O–H groups in total. The van der Waals surface area contributed by atoms with Crippen LogP contribution in [0, 0.1) is 0 Å². The molecule has 7 nitrogen and oxygen atoms in total. The van der Waals surface area contributed by atoms with Gasteiger partial charge in [0.1, 0.15) is 11.8 Å². The molecule has 2 heterocycles. The third-order valence-electron chi connectivity index (χ3n) is 3.41. The van der Waals surface area contributed by atoms with Crippen molar-refractivity contribution in [3.8, 4) is 11.3 Å². The lowest BCUT2D eigenvalue weighted by atomic mass is 10.1. The van der Waals surface area contributed by atoms with Gasteiger partial charge >= 0.3 is 0 Å². The highest BCUT2D eigenvalue weighted by Crippen LogP contribution is 2.16. The van der Waals surface area contributed by atoms with Crippen molar-refractivity contribution in [2.45, 2.75) is 18.9 Å². The van der Waals surface area contributed by atoms with Crippen LogP contribution >= 0.6 is 0 Å². The molecule has 1 aliphatic heterocycles. The van der Waals surface area contributed by atoms with Crippen molar-refractivity contribution in [3.63, 3.8) is 0 Å². The minimum absolute atomic E-state index is 0.270. The molecule has 22 heavy (non-hydrogen) atoms. The molecule has 1 fully saturated rings. The van der Waals surface area contributed by atoms with E-state index >= 15 is 0 Å². The zero-order valence-electron chi connectivity index (χ0n) is 11.8. The summed E-state index contributed by atoms with van der Waals surface area (Å²) in [5.41, 5.74) is 6.55. The van der Waals surface area contributed by atoms with Gasteiger partial charge in [0, 0.05) is 12.2 Å². The van der Waals surface area contributed by atoms with Crippen LogP contribution in [0.25, 0.3) is 11.3 Å². The topological polar surface area (TPSA) is 96.1 Å². The van der Waals surface area contributed by atoms with E-state index in [2.05, 4.69) is 21.0 Å². The summed E-state index contributed by atoms with van der Waals surface area (Å²) in [6.45, 7) is 0.576. The Bertz CT molecular complexity index is 662. The Morgan fingerprint density at radius 3 is 2.77 bits per heavy atom. The minimum atomic E-state index is -0.484. The second-order valence-electron chi connectivity index (χ2n) is 4.98. The Balaban J connectivity index is 1.59. The molecule has 0 radical (unpaired) electrons. The van der Waals surface area contributed by atoms with Gasteiger partial charge in [-0.3, -0.25) is 25.5 Å². The molecule has 0 spiro atoms. The summed E-state index contributed by atoms with van der Waals surface area (Å²) in [6, 6.07) is 11.1. The van der Waals surface area contributed by atoms with Crippen LogP contribution in [-0.2, 0) is 9.53 Å². The summed E-state index contributed by atoms with van der Waals surface area (Å²) in [5.74, 6) is -0.797. The molecule has 0 saturated carbocycles. The maximum Gasteiger partial charge on any atom is 0.287 e. The molecule has 1 unspecified atom stereocenters. The third kappa shape index (κ3) is 3.15. The van der Waals surface area contributed by atoms with E-state index in [1.54, 1.807) is 6.07 Å². The number of carbonyl (C=O) groups excluding carboxylic acids is 2. The van der Waals surface area contributed by atoms with E-state index in [4.69, 9.17) is 4.74 Å². The van der Waals surface area contributed by atoms with Crippen molar-refractivity contribution in [2.24, 2.45) is 0 Å². The maximum atomic E-state index is 12.0. The second kappa shape index (κ2) is 6.40. The number of benzene rings is 1. The molecule has 1 atom stereocenters. The summed E-state index contributed by atoms with van der Waals surface area (Å²) in [7, 11) is 0. The number of hydrogen-bond acceptors (Lipinski definition) is 4. The molecule has 114 valence electrons. The van der Waals surface area contributed by atoms with Crippen LogP contribution < -0.4 is 10.9 Å².